The van der Waals surface area contributed by atoms with Crippen LogP contribution in [0.15, 0.2) is 18.2 Å². The monoisotopic (exact) mass is 314 g/mol. The largest absolute Gasteiger partial charge is 0.339 e. The van der Waals surface area contributed by atoms with Crippen molar-refractivity contribution in [2.45, 2.75) is 58.4 Å². The first-order chi connectivity index (χ1) is 11.0. The highest BCUT2D eigenvalue weighted by Crippen LogP contribution is 2.32. The molecule has 0 bridgehead atoms. The summed E-state index contributed by atoms with van der Waals surface area (Å²) in [6, 6.07) is 6.48. The van der Waals surface area contributed by atoms with Crippen LogP contribution in [-0.4, -0.2) is 29.3 Å². The third-order valence-electron chi connectivity index (χ3n) is 5.22. The number of nitrogens with zero attached hydrogens (tertiary/aromatic N) is 1. The van der Waals surface area contributed by atoms with Crippen LogP contribution in [0.5, 0.6) is 0 Å². The first kappa shape index (κ1) is 16.0. The van der Waals surface area contributed by atoms with E-state index < -0.39 is 0 Å². The van der Waals surface area contributed by atoms with E-state index in [1.807, 2.05) is 24.0 Å². The van der Waals surface area contributed by atoms with Gasteiger partial charge in [-0.1, -0.05) is 32.0 Å². The maximum Gasteiger partial charge on any atom is 0.229 e. The summed E-state index contributed by atoms with van der Waals surface area (Å²) in [5, 5.41) is 3.10. The van der Waals surface area contributed by atoms with Crippen molar-refractivity contribution in [1.82, 2.24) is 4.90 Å². The molecule has 4 nitrogen and oxygen atoms in total. The highest BCUT2D eigenvalue weighted by Gasteiger charge is 2.39. The van der Waals surface area contributed by atoms with Gasteiger partial charge in [0.25, 0.3) is 0 Å². The van der Waals surface area contributed by atoms with E-state index in [0.29, 0.717) is 24.9 Å². The molecule has 1 unspecified atom stereocenters. The van der Waals surface area contributed by atoms with E-state index in [0.717, 1.165) is 29.7 Å². The zero-order chi connectivity index (χ0) is 16.6. The minimum absolute atomic E-state index is 0.0172. The molecule has 1 N–H and O–H groups in total. The molecule has 0 radical (unpaired) electrons. The summed E-state index contributed by atoms with van der Waals surface area (Å²) >= 11 is 0. The van der Waals surface area contributed by atoms with Gasteiger partial charge >= 0.3 is 0 Å². The van der Waals surface area contributed by atoms with E-state index in [1.54, 1.807) is 0 Å². The Bertz CT molecular complexity index is 620. The molecule has 4 heteroatoms. The summed E-state index contributed by atoms with van der Waals surface area (Å²) in [6.45, 7) is 6.85. The number of para-hydroxylation sites is 1. The van der Waals surface area contributed by atoms with Crippen molar-refractivity contribution >= 4 is 17.5 Å². The van der Waals surface area contributed by atoms with E-state index in [-0.39, 0.29) is 17.7 Å². The second-order valence-electron chi connectivity index (χ2n) is 7.21. The molecular weight excluding hydrogens is 288 g/mol. The summed E-state index contributed by atoms with van der Waals surface area (Å²) < 4.78 is 0. The summed E-state index contributed by atoms with van der Waals surface area (Å²) in [5.74, 6) is 0.254. The van der Waals surface area contributed by atoms with Crippen molar-refractivity contribution in [3.8, 4) is 0 Å². The number of amides is 2. The number of anilines is 1. The number of hydrogen-bond acceptors (Lipinski definition) is 2. The summed E-state index contributed by atoms with van der Waals surface area (Å²) in [5.41, 5.74) is 3.14. The SMILES string of the molecule is Cc1cccc(C(C)C)c1NC(=O)C1CC(=O)N(C2CCC2)C1. The molecule has 124 valence electrons. The van der Waals surface area contributed by atoms with Crippen LogP contribution in [0.1, 0.15) is 56.6 Å². The predicted molar refractivity (Wildman–Crippen MR) is 91.4 cm³/mol. The Hall–Kier alpha value is -1.84. The van der Waals surface area contributed by atoms with Crippen LogP contribution in [0.2, 0.25) is 0 Å². The molecule has 23 heavy (non-hydrogen) atoms. The third kappa shape index (κ3) is 3.12. The quantitative estimate of drug-likeness (QED) is 0.925. The van der Waals surface area contributed by atoms with Crippen molar-refractivity contribution in [2.75, 3.05) is 11.9 Å². The number of likely N-dealkylation sites (tertiary alicyclic amines) is 1. The van der Waals surface area contributed by atoms with Crippen molar-refractivity contribution < 1.29 is 9.59 Å². The number of carbonyl (C=O) groups excluding carboxylic acids is 2. The zero-order valence-electron chi connectivity index (χ0n) is 14.3. The molecule has 0 spiro atoms. The average molecular weight is 314 g/mol. The van der Waals surface area contributed by atoms with Gasteiger partial charge in [0, 0.05) is 24.7 Å². The van der Waals surface area contributed by atoms with E-state index >= 15 is 0 Å². The zero-order valence-corrected chi connectivity index (χ0v) is 14.3. The van der Waals surface area contributed by atoms with E-state index in [1.165, 1.54) is 6.42 Å². The number of carbonyl (C=O) groups is 2. The van der Waals surface area contributed by atoms with Gasteiger partial charge in [0.15, 0.2) is 0 Å². The van der Waals surface area contributed by atoms with E-state index in [2.05, 4.69) is 25.2 Å². The number of benzene rings is 1. The van der Waals surface area contributed by atoms with E-state index in [9.17, 15) is 9.59 Å². The molecule has 3 rings (SSSR count). The fraction of sp³-hybridized carbons (Fsp3) is 0.579. The van der Waals surface area contributed by atoms with E-state index in [4.69, 9.17) is 0 Å². The van der Waals surface area contributed by atoms with Crippen molar-refractivity contribution in [1.29, 1.82) is 0 Å². The Labute approximate surface area is 138 Å². The van der Waals surface area contributed by atoms with Crippen LogP contribution in [-0.2, 0) is 9.59 Å². The molecule has 1 aliphatic heterocycles. The number of hydrogen-bond donors (Lipinski definition) is 1. The lowest BCUT2D eigenvalue weighted by molar-refractivity contribution is -0.131. The highest BCUT2D eigenvalue weighted by molar-refractivity contribution is 5.98. The Balaban J connectivity index is 1.72. The van der Waals surface area contributed by atoms with Crippen LogP contribution in [0.4, 0.5) is 5.69 Å². The van der Waals surface area contributed by atoms with Gasteiger partial charge in [-0.15, -0.1) is 0 Å². The summed E-state index contributed by atoms with van der Waals surface area (Å²) in [4.78, 5) is 26.8. The second-order valence-corrected chi connectivity index (χ2v) is 7.21. The Morgan fingerprint density at radius 2 is 2.04 bits per heavy atom. The van der Waals surface area contributed by atoms with Crippen LogP contribution < -0.4 is 5.32 Å². The molecule has 2 aliphatic rings. The van der Waals surface area contributed by atoms with Crippen LogP contribution >= 0.6 is 0 Å². The lowest BCUT2D eigenvalue weighted by Gasteiger charge is -2.34. The Morgan fingerprint density at radius 1 is 1.30 bits per heavy atom. The van der Waals surface area contributed by atoms with Gasteiger partial charge in [0.05, 0.1) is 5.92 Å². The van der Waals surface area contributed by atoms with Crippen molar-refractivity contribution in [3.63, 3.8) is 0 Å². The standard InChI is InChI=1S/C19H26N2O2/c1-12(2)16-9-4-6-13(3)18(16)20-19(23)14-10-17(22)21(11-14)15-7-5-8-15/h4,6,9,12,14-15H,5,7-8,10-11H2,1-3H3,(H,20,23). The first-order valence-corrected chi connectivity index (χ1v) is 8.67. The Kier molecular flexibility index (Phi) is 4.42. The molecule has 1 heterocycles. The maximum atomic E-state index is 12.7. The second kappa shape index (κ2) is 6.34. The molecule has 2 fully saturated rings. The number of rotatable bonds is 4. The molecule has 1 saturated heterocycles. The van der Waals surface area contributed by atoms with Gasteiger partial charge in [-0.2, -0.15) is 0 Å². The first-order valence-electron chi connectivity index (χ1n) is 8.67. The van der Waals surface area contributed by atoms with Gasteiger partial charge in [0.2, 0.25) is 11.8 Å². The molecule has 1 aromatic carbocycles. The number of nitrogens with one attached hydrogen (secondary N) is 1. The molecule has 1 saturated carbocycles. The third-order valence-corrected chi connectivity index (χ3v) is 5.22. The van der Waals surface area contributed by atoms with Crippen LogP contribution in [0.25, 0.3) is 0 Å². The molecule has 2 amide bonds. The van der Waals surface area contributed by atoms with Crippen molar-refractivity contribution in [3.05, 3.63) is 29.3 Å². The average Bonchev–Trinajstić information content (AvgIpc) is 2.81. The highest BCUT2D eigenvalue weighted by atomic mass is 16.2. The smallest absolute Gasteiger partial charge is 0.229 e. The number of aryl methyl sites for hydroxylation is 1. The minimum atomic E-state index is -0.220. The minimum Gasteiger partial charge on any atom is -0.339 e. The van der Waals surface area contributed by atoms with Gasteiger partial charge in [-0.3, -0.25) is 9.59 Å². The van der Waals surface area contributed by atoms with Gasteiger partial charge in [-0.05, 0) is 43.2 Å². The molecule has 1 atom stereocenters. The van der Waals surface area contributed by atoms with Crippen LogP contribution in [0.3, 0.4) is 0 Å². The molecule has 0 aromatic heterocycles. The van der Waals surface area contributed by atoms with Crippen molar-refractivity contribution in [2.24, 2.45) is 5.92 Å². The molecule has 1 aliphatic carbocycles. The van der Waals surface area contributed by atoms with Gasteiger partial charge in [0.1, 0.15) is 0 Å². The van der Waals surface area contributed by atoms with Gasteiger partial charge < -0.3 is 10.2 Å². The molecule has 1 aromatic rings. The fourth-order valence-electron chi connectivity index (χ4n) is 3.53. The van der Waals surface area contributed by atoms with Crippen LogP contribution in [0, 0.1) is 12.8 Å². The summed E-state index contributed by atoms with van der Waals surface area (Å²) in [6.07, 6.45) is 3.74. The Morgan fingerprint density at radius 3 is 2.65 bits per heavy atom. The fourth-order valence-corrected chi connectivity index (χ4v) is 3.53. The predicted octanol–water partition coefficient (Wildman–Crippen LogP) is 3.46. The molecular formula is C19H26N2O2. The lowest BCUT2D eigenvalue weighted by atomic mass is 9.92. The maximum absolute atomic E-state index is 12.7. The normalized spacial score (nSPS) is 21.7. The summed E-state index contributed by atoms with van der Waals surface area (Å²) in [7, 11) is 0. The lowest BCUT2D eigenvalue weighted by Crippen LogP contribution is -2.41. The van der Waals surface area contributed by atoms with Gasteiger partial charge in [-0.25, -0.2) is 0 Å². The topological polar surface area (TPSA) is 49.4 Å².